The molecular weight excluding hydrogens is 193 g/mol. The highest BCUT2D eigenvalue weighted by Crippen LogP contribution is 2.18. The third-order valence-electron chi connectivity index (χ3n) is 2.01. The number of halogens is 1. The maximum atomic E-state index is 13.4. The van der Waals surface area contributed by atoms with Crippen LogP contribution in [0.15, 0.2) is 30.9 Å². The zero-order valence-electron chi connectivity index (χ0n) is 8.71. The monoisotopic (exact) mass is 209 g/mol. The normalized spacial score (nSPS) is 10.0. The fourth-order valence-electron chi connectivity index (χ4n) is 1.24. The maximum absolute atomic E-state index is 13.4. The fraction of sp³-hybridized carbons (Fsp3) is 0.333. The minimum Gasteiger partial charge on any atom is -0.490 e. The van der Waals surface area contributed by atoms with Crippen LogP contribution in [0.3, 0.4) is 0 Å². The summed E-state index contributed by atoms with van der Waals surface area (Å²) in [5, 5.41) is 0. The molecule has 0 spiro atoms. The molecule has 0 unspecified atom stereocenters. The summed E-state index contributed by atoms with van der Waals surface area (Å²) in [5.74, 6) is -0.0392. The van der Waals surface area contributed by atoms with Crippen molar-refractivity contribution in [3.05, 3.63) is 42.2 Å². The minimum atomic E-state index is -0.329. The van der Waals surface area contributed by atoms with E-state index in [1.165, 1.54) is 6.07 Å². The Kier molecular flexibility index (Phi) is 4.84. The van der Waals surface area contributed by atoms with E-state index < -0.39 is 0 Å². The van der Waals surface area contributed by atoms with Crippen molar-refractivity contribution >= 4 is 0 Å². The van der Waals surface area contributed by atoms with E-state index in [2.05, 4.69) is 6.58 Å². The first kappa shape index (κ1) is 11.7. The van der Waals surface area contributed by atoms with Crippen molar-refractivity contribution in [3.8, 4) is 5.75 Å². The lowest BCUT2D eigenvalue weighted by Gasteiger charge is -2.07. The molecule has 0 amide bonds. The average molecular weight is 209 g/mol. The molecule has 0 aromatic heterocycles. The molecule has 0 radical (unpaired) electrons. The molecule has 0 heterocycles. The molecule has 3 heteroatoms. The third kappa shape index (κ3) is 3.72. The largest absolute Gasteiger partial charge is 0.490 e. The van der Waals surface area contributed by atoms with Crippen LogP contribution in [-0.2, 0) is 6.42 Å². The van der Waals surface area contributed by atoms with Gasteiger partial charge < -0.3 is 10.5 Å². The van der Waals surface area contributed by atoms with Crippen LogP contribution in [0.2, 0.25) is 0 Å². The number of ether oxygens (including phenoxy) is 1. The Morgan fingerprint density at radius 1 is 1.47 bits per heavy atom. The molecule has 0 aliphatic heterocycles. The molecule has 1 rings (SSSR count). The van der Waals surface area contributed by atoms with Crippen LogP contribution in [-0.4, -0.2) is 13.2 Å². The summed E-state index contributed by atoms with van der Waals surface area (Å²) in [5.41, 5.74) is 6.28. The summed E-state index contributed by atoms with van der Waals surface area (Å²) in [6, 6.07) is 4.94. The van der Waals surface area contributed by atoms with E-state index in [0.29, 0.717) is 26.0 Å². The van der Waals surface area contributed by atoms with Gasteiger partial charge in [-0.15, -0.1) is 6.58 Å². The second-order valence-corrected chi connectivity index (χ2v) is 3.23. The fourth-order valence-corrected chi connectivity index (χ4v) is 1.24. The predicted molar refractivity (Wildman–Crippen MR) is 59.5 cm³/mol. The van der Waals surface area contributed by atoms with Gasteiger partial charge in [-0.2, -0.15) is 0 Å². The van der Waals surface area contributed by atoms with Gasteiger partial charge >= 0.3 is 0 Å². The molecule has 0 saturated heterocycles. The number of hydrogen-bond acceptors (Lipinski definition) is 2. The Morgan fingerprint density at radius 3 is 2.87 bits per heavy atom. The zero-order chi connectivity index (χ0) is 11.1. The van der Waals surface area contributed by atoms with Crippen molar-refractivity contribution in [2.24, 2.45) is 5.73 Å². The molecule has 82 valence electrons. The van der Waals surface area contributed by atoms with E-state index >= 15 is 0 Å². The van der Waals surface area contributed by atoms with Gasteiger partial charge in [-0.05, 0) is 37.1 Å². The molecule has 2 N–H and O–H groups in total. The molecule has 0 aliphatic carbocycles. The molecule has 0 saturated carbocycles. The van der Waals surface area contributed by atoms with Crippen LogP contribution in [0.5, 0.6) is 5.75 Å². The van der Waals surface area contributed by atoms with Gasteiger partial charge in [-0.3, -0.25) is 0 Å². The van der Waals surface area contributed by atoms with Gasteiger partial charge in [-0.1, -0.05) is 12.1 Å². The quantitative estimate of drug-likeness (QED) is 0.576. The van der Waals surface area contributed by atoms with Gasteiger partial charge in [0.05, 0.1) is 6.61 Å². The van der Waals surface area contributed by atoms with Crippen LogP contribution in [0.1, 0.15) is 12.0 Å². The van der Waals surface area contributed by atoms with Gasteiger partial charge in [0.2, 0.25) is 0 Å². The zero-order valence-corrected chi connectivity index (χ0v) is 8.71. The van der Waals surface area contributed by atoms with E-state index in [0.717, 1.165) is 5.56 Å². The lowest BCUT2D eigenvalue weighted by molar-refractivity contribution is 0.308. The van der Waals surface area contributed by atoms with Crippen molar-refractivity contribution < 1.29 is 9.13 Å². The summed E-state index contributed by atoms with van der Waals surface area (Å²) in [6.45, 7) is 4.54. The Balaban J connectivity index is 2.61. The highest BCUT2D eigenvalue weighted by molar-refractivity contribution is 5.29. The second-order valence-electron chi connectivity index (χ2n) is 3.23. The molecule has 0 atom stereocenters. The molecule has 1 aromatic rings. The summed E-state index contributed by atoms with van der Waals surface area (Å²) >= 11 is 0. The number of nitrogens with two attached hydrogens (primary N) is 1. The van der Waals surface area contributed by atoms with Crippen molar-refractivity contribution in [3.63, 3.8) is 0 Å². The number of hydrogen-bond donors (Lipinski definition) is 1. The van der Waals surface area contributed by atoms with Crippen LogP contribution < -0.4 is 10.5 Å². The lowest BCUT2D eigenvalue weighted by Crippen LogP contribution is -2.04. The first-order valence-electron chi connectivity index (χ1n) is 5.00. The Labute approximate surface area is 89.6 Å². The minimum absolute atomic E-state index is 0.289. The molecular formula is C12H16FNO. The van der Waals surface area contributed by atoms with E-state index in [9.17, 15) is 4.39 Å². The van der Waals surface area contributed by atoms with Crippen molar-refractivity contribution in [1.82, 2.24) is 0 Å². The Morgan fingerprint density at radius 2 is 2.27 bits per heavy atom. The molecule has 0 aliphatic rings. The first-order chi connectivity index (χ1) is 7.27. The summed E-state index contributed by atoms with van der Waals surface area (Å²) in [7, 11) is 0. The smallest absolute Gasteiger partial charge is 0.165 e. The second kappa shape index (κ2) is 6.19. The van der Waals surface area contributed by atoms with Crippen LogP contribution in [0, 0.1) is 5.82 Å². The van der Waals surface area contributed by atoms with E-state index in [1.54, 1.807) is 12.1 Å². The average Bonchev–Trinajstić information content (AvgIpc) is 2.22. The van der Waals surface area contributed by atoms with E-state index in [-0.39, 0.29) is 11.6 Å². The number of benzene rings is 1. The molecule has 0 fully saturated rings. The standard InChI is InChI=1S/C12H16FNO/c1-2-3-8-15-12-5-4-10(6-7-14)9-11(12)13/h2,4-5,9H,1,3,6-8,14H2. The van der Waals surface area contributed by atoms with Crippen LogP contribution >= 0.6 is 0 Å². The molecule has 1 aromatic carbocycles. The summed E-state index contributed by atoms with van der Waals surface area (Å²) in [6.07, 6.45) is 3.13. The molecule has 15 heavy (non-hydrogen) atoms. The Bertz CT molecular complexity index is 325. The highest BCUT2D eigenvalue weighted by Gasteiger charge is 2.03. The number of rotatable bonds is 6. The van der Waals surface area contributed by atoms with Crippen LogP contribution in [0.4, 0.5) is 4.39 Å². The molecule has 2 nitrogen and oxygen atoms in total. The Hall–Kier alpha value is -1.35. The summed E-state index contributed by atoms with van der Waals surface area (Å²) in [4.78, 5) is 0. The first-order valence-corrected chi connectivity index (χ1v) is 5.00. The van der Waals surface area contributed by atoms with Gasteiger partial charge in [0, 0.05) is 0 Å². The third-order valence-corrected chi connectivity index (χ3v) is 2.01. The SMILES string of the molecule is C=CCCOc1ccc(CCN)cc1F. The highest BCUT2D eigenvalue weighted by atomic mass is 19.1. The van der Waals surface area contributed by atoms with Gasteiger partial charge in [-0.25, -0.2) is 4.39 Å². The van der Waals surface area contributed by atoms with Crippen molar-refractivity contribution in [2.45, 2.75) is 12.8 Å². The van der Waals surface area contributed by atoms with Gasteiger partial charge in [0.15, 0.2) is 11.6 Å². The van der Waals surface area contributed by atoms with Crippen molar-refractivity contribution in [2.75, 3.05) is 13.2 Å². The predicted octanol–water partition coefficient (Wildman–Crippen LogP) is 2.28. The topological polar surface area (TPSA) is 35.2 Å². The van der Waals surface area contributed by atoms with Gasteiger partial charge in [0.25, 0.3) is 0 Å². The molecule has 0 bridgehead atoms. The van der Waals surface area contributed by atoms with Gasteiger partial charge in [0.1, 0.15) is 0 Å². The van der Waals surface area contributed by atoms with E-state index in [4.69, 9.17) is 10.5 Å². The lowest BCUT2D eigenvalue weighted by atomic mass is 10.1. The summed E-state index contributed by atoms with van der Waals surface area (Å²) < 4.78 is 18.6. The van der Waals surface area contributed by atoms with Crippen molar-refractivity contribution in [1.29, 1.82) is 0 Å². The maximum Gasteiger partial charge on any atom is 0.165 e. The van der Waals surface area contributed by atoms with E-state index in [1.807, 2.05) is 6.07 Å². The van der Waals surface area contributed by atoms with Crippen LogP contribution in [0.25, 0.3) is 0 Å².